The monoisotopic (exact) mass is 294 g/mol. The lowest BCUT2D eigenvalue weighted by Gasteiger charge is -2.25. The number of imide groups is 1. The van der Waals surface area contributed by atoms with E-state index in [1.807, 2.05) is 20.8 Å². The summed E-state index contributed by atoms with van der Waals surface area (Å²) < 4.78 is 5.07. The van der Waals surface area contributed by atoms with Crippen LogP contribution in [-0.4, -0.2) is 32.5 Å². The number of hydrogen-bond donors (Lipinski definition) is 1. The highest BCUT2D eigenvalue weighted by atomic mass is 16.5. The zero-order valence-electron chi connectivity index (χ0n) is 12.8. The highest BCUT2D eigenvalue weighted by Gasteiger charge is 2.50. The first-order valence-corrected chi connectivity index (χ1v) is 7.51. The molecule has 7 heteroatoms. The lowest BCUT2D eigenvalue weighted by atomic mass is 9.88. The molecule has 1 fully saturated rings. The van der Waals surface area contributed by atoms with Crippen molar-refractivity contribution in [3.63, 3.8) is 0 Å². The summed E-state index contributed by atoms with van der Waals surface area (Å²) in [5.74, 6) is 0.678. The summed E-state index contributed by atoms with van der Waals surface area (Å²) in [5, 5.41) is 6.64. The Balaban J connectivity index is 2.16. The minimum Gasteiger partial charge on any atom is -0.337 e. The van der Waals surface area contributed by atoms with Crippen LogP contribution in [0.4, 0.5) is 4.79 Å². The molecule has 2 heterocycles. The van der Waals surface area contributed by atoms with Crippen LogP contribution in [0.25, 0.3) is 0 Å². The Bertz CT molecular complexity index is 520. The molecule has 116 valence electrons. The number of hydrogen-bond acceptors (Lipinski definition) is 5. The Hall–Kier alpha value is -1.92. The van der Waals surface area contributed by atoms with Gasteiger partial charge in [-0.1, -0.05) is 38.8 Å². The van der Waals surface area contributed by atoms with E-state index in [1.54, 1.807) is 0 Å². The summed E-state index contributed by atoms with van der Waals surface area (Å²) >= 11 is 0. The highest BCUT2D eigenvalue weighted by molar-refractivity contribution is 6.06. The minimum absolute atomic E-state index is 0.0346. The molecule has 0 aromatic carbocycles. The van der Waals surface area contributed by atoms with Crippen LogP contribution in [-0.2, 0) is 17.8 Å². The molecule has 7 nitrogen and oxygen atoms in total. The molecule has 0 aliphatic carbocycles. The number of nitrogens with zero attached hydrogens (tertiary/aromatic N) is 3. The normalized spacial score (nSPS) is 17.4. The molecule has 3 amide bonds. The van der Waals surface area contributed by atoms with Crippen molar-refractivity contribution in [3.05, 3.63) is 11.7 Å². The van der Waals surface area contributed by atoms with Gasteiger partial charge in [-0.05, 0) is 12.8 Å². The molecule has 1 aromatic heterocycles. The second kappa shape index (κ2) is 6.24. The van der Waals surface area contributed by atoms with Crippen LogP contribution < -0.4 is 5.32 Å². The van der Waals surface area contributed by atoms with Gasteiger partial charge in [0, 0.05) is 6.42 Å². The van der Waals surface area contributed by atoms with Crippen molar-refractivity contribution in [3.8, 4) is 0 Å². The Morgan fingerprint density at radius 3 is 2.38 bits per heavy atom. The summed E-state index contributed by atoms with van der Waals surface area (Å²) in [6.45, 7) is 5.96. The molecule has 0 unspecified atom stereocenters. The van der Waals surface area contributed by atoms with Crippen molar-refractivity contribution >= 4 is 11.9 Å². The lowest BCUT2D eigenvalue weighted by Crippen LogP contribution is -2.46. The van der Waals surface area contributed by atoms with Gasteiger partial charge in [-0.3, -0.25) is 9.69 Å². The molecule has 21 heavy (non-hydrogen) atoms. The molecular formula is C14H22N4O3. The molecule has 0 spiro atoms. The van der Waals surface area contributed by atoms with Crippen molar-refractivity contribution in [2.45, 2.75) is 65.0 Å². The Kier molecular flexibility index (Phi) is 4.59. The van der Waals surface area contributed by atoms with Crippen LogP contribution in [0.2, 0.25) is 0 Å². The SMILES string of the molecule is CCCC1(CCC)NC(=O)N(Cc2nc(CC)no2)C1=O. The van der Waals surface area contributed by atoms with E-state index in [-0.39, 0.29) is 18.5 Å². The molecule has 0 atom stereocenters. The van der Waals surface area contributed by atoms with Crippen LogP contribution in [0.3, 0.4) is 0 Å². The molecule has 0 radical (unpaired) electrons. The summed E-state index contributed by atoms with van der Waals surface area (Å²) in [6, 6.07) is -0.377. The maximum Gasteiger partial charge on any atom is 0.325 e. The number of aromatic nitrogens is 2. The Morgan fingerprint density at radius 2 is 1.86 bits per heavy atom. The molecule has 1 aliphatic heterocycles. The Morgan fingerprint density at radius 1 is 1.19 bits per heavy atom. The summed E-state index contributed by atoms with van der Waals surface area (Å²) in [7, 11) is 0. The van der Waals surface area contributed by atoms with E-state index in [0.29, 0.717) is 31.0 Å². The Labute approximate surface area is 124 Å². The van der Waals surface area contributed by atoms with Gasteiger partial charge in [-0.25, -0.2) is 4.79 Å². The van der Waals surface area contributed by atoms with Gasteiger partial charge in [-0.15, -0.1) is 0 Å². The number of nitrogens with one attached hydrogen (secondary N) is 1. The third kappa shape index (κ3) is 2.91. The van der Waals surface area contributed by atoms with Gasteiger partial charge in [0.1, 0.15) is 12.1 Å². The third-order valence-corrected chi connectivity index (χ3v) is 3.72. The predicted molar refractivity (Wildman–Crippen MR) is 75.3 cm³/mol. The quantitative estimate of drug-likeness (QED) is 0.777. The number of amides is 3. The second-order valence-electron chi connectivity index (χ2n) is 5.36. The standard InChI is InChI=1S/C14H22N4O3/c1-4-7-14(8-5-2)12(19)18(13(20)16-14)9-11-15-10(6-3)17-21-11/h4-9H2,1-3H3,(H,16,20). The van der Waals surface area contributed by atoms with Crippen LogP contribution in [0, 0.1) is 0 Å². The minimum atomic E-state index is -0.770. The van der Waals surface area contributed by atoms with E-state index in [2.05, 4.69) is 15.5 Å². The van der Waals surface area contributed by atoms with E-state index < -0.39 is 5.54 Å². The molecule has 1 saturated heterocycles. The largest absolute Gasteiger partial charge is 0.337 e. The zero-order valence-corrected chi connectivity index (χ0v) is 12.8. The predicted octanol–water partition coefficient (Wildman–Crippen LogP) is 2.02. The van der Waals surface area contributed by atoms with Crippen LogP contribution in [0.1, 0.15) is 58.2 Å². The molecular weight excluding hydrogens is 272 g/mol. The van der Waals surface area contributed by atoms with Crippen molar-refractivity contribution in [2.24, 2.45) is 0 Å². The molecule has 0 bridgehead atoms. The van der Waals surface area contributed by atoms with Crippen molar-refractivity contribution in [1.29, 1.82) is 0 Å². The number of urea groups is 1. The summed E-state index contributed by atoms with van der Waals surface area (Å²) in [6.07, 6.45) is 3.61. The first-order chi connectivity index (χ1) is 10.1. The van der Waals surface area contributed by atoms with E-state index >= 15 is 0 Å². The zero-order chi connectivity index (χ0) is 15.5. The molecule has 2 rings (SSSR count). The molecule has 1 aliphatic rings. The van der Waals surface area contributed by atoms with Gasteiger partial charge in [0.2, 0.25) is 5.89 Å². The van der Waals surface area contributed by atoms with E-state index in [9.17, 15) is 9.59 Å². The van der Waals surface area contributed by atoms with Crippen LogP contribution in [0.15, 0.2) is 4.52 Å². The maximum atomic E-state index is 12.7. The average Bonchev–Trinajstić information content (AvgIpc) is 2.99. The van der Waals surface area contributed by atoms with E-state index in [0.717, 1.165) is 12.8 Å². The van der Waals surface area contributed by atoms with Gasteiger partial charge >= 0.3 is 6.03 Å². The van der Waals surface area contributed by atoms with Crippen molar-refractivity contribution < 1.29 is 14.1 Å². The van der Waals surface area contributed by atoms with E-state index in [4.69, 9.17) is 4.52 Å². The molecule has 1 aromatic rings. The number of carbonyl (C=O) groups is 2. The number of rotatable bonds is 7. The second-order valence-corrected chi connectivity index (χ2v) is 5.36. The fourth-order valence-electron chi connectivity index (χ4n) is 2.77. The fraction of sp³-hybridized carbons (Fsp3) is 0.714. The van der Waals surface area contributed by atoms with Gasteiger partial charge < -0.3 is 9.84 Å². The lowest BCUT2D eigenvalue weighted by molar-refractivity contribution is -0.132. The first kappa shape index (κ1) is 15.5. The van der Waals surface area contributed by atoms with Crippen LogP contribution >= 0.6 is 0 Å². The average molecular weight is 294 g/mol. The third-order valence-electron chi connectivity index (χ3n) is 3.72. The van der Waals surface area contributed by atoms with Gasteiger partial charge in [-0.2, -0.15) is 4.98 Å². The van der Waals surface area contributed by atoms with Gasteiger partial charge in [0.15, 0.2) is 5.82 Å². The van der Waals surface area contributed by atoms with Crippen molar-refractivity contribution in [1.82, 2.24) is 20.4 Å². The smallest absolute Gasteiger partial charge is 0.325 e. The van der Waals surface area contributed by atoms with E-state index in [1.165, 1.54) is 4.90 Å². The molecule has 0 saturated carbocycles. The number of aryl methyl sites for hydroxylation is 1. The topological polar surface area (TPSA) is 88.3 Å². The number of carbonyl (C=O) groups excluding carboxylic acids is 2. The first-order valence-electron chi connectivity index (χ1n) is 7.51. The maximum absolute atomic E-state index is 12.7. The summed E-state index contributed by atoms with van der Waals surface area (Å²) in [4.78, 5) is 30.1. The van der Waals surface area contributed by atoms with Crippen LogP contribution in [0.5, 0.6) is 0 Å². The summed E-state index contributed by atoms with van der Waals surface area (Å²) in [5.41, 5.74) is -0.770. The van der Waals surface area contributed by atoms with Crippen molar-refractivity contribution in [2.75, 3.05) is 0 Å². The van der Waals surface area contributed by atoms with Gasteiger partial charge in [0.25, 0.3) is 5.91 Å². The fourth-order valence-corrected chi connectivity index (χ4v) is 2.77. The highest BCUT2D eigenvalue weighted by Crippen LogP contribution is 2.28. The van der Waals surface area contributed by atoms with Gasteiger partial charge in [0.05, 0.1) is 0 Å². The molecule has 1 N–H and O–H groups in total.